The molecule has 0 spiro atoms. The molecule has 0 radical (unpaired) electrons. The zero-order valence-corrected chi connectivity index (χ0v) is 15.8. The van der Waals surface area contributed by atoms with Crippen molar-refractivity contribution in [3.63, 3.8) is 0 Å². The first-order valence-corrected chi connectivity index (χ1v) is 8.76. The van der Waals surface area contributed by atoms with Gasteiger partial charge in [0.2, 0.25) is 11.8 Å². The van der Waals surface area contributed by atoms with Crippen molar-refractivity contribution < 1.29 is 14.3 Å². The second-order valence-corrected chi connectivity index (χ2v) is 6.50. The Balaban J connectivity index is 1.96. The van der Waals surface area contributed by atoms with Gasteiger partial charge in [-0.2, -0.15) is 0 Å². The van der Waals surface area contributed by atoms with Crippen LogP contribution in [0.1, 0.15) is 32.8 Å². The number of carbonyl (C=O) groups is 2. The second-order valence-electron chi connectivity index (χ2n) is 6.50. The Morgan fingerprint density at radius 3 is 2.19 bits per heavy atom. The van der Waals surface area contributed by atoms with Crippen LogP contribution in [-0.4, -0.2) is 24.5 Å². The van der Waals surface area contributed by atoms with Gasteiger partial charge in [-0.3, -0.25) is 9.59 Å². The molecule has 0 saturated heterocycles. The molecule has 5 heteroatoms. The van der Waals surface area contributed by atoms with Crippen LogP contribution < -0.4 is 15.0 Å². The van der Waals surface area contributed by atoms with Gasteiger partial charge in [-0.1, -0.05) is 17.7 Å². The molecule has 0 bridgehead atoms. The van der Waals surface area contributed by atoms with Crippen molar-refractivity contribution in [1.29, 1.82) is 0 Å². The molecule has 0 fully saturated rings. The van der Waals surface area contributed by atoms with Crippen LogP contribution in [0.3, 0.4) is 0 Å². The Bertz CT molecular complexity index is 737. The summed E-state index contributed by atoms with van der Waals surface area (Å²) < 4.78 is 5.61. The van der Waals surface area contributed by atoms with Crippen molar-refractivity contribution in [2.75, 3.05) is 16.8 Å². The molecule has 26 heavy (non-hydrogen) atoms. The summed E-state index contributed by atoms with van der Waals surface area (Å²) in [6.07, 6.45) is 0.313. The Morgan fingerprint density at radius 1 is 1.04 bits per heavy atom. The van der Waals surface area contributed by atoms with E-state index < -0.39 is 0 Å². The summed E-state index contributed by atoms with van der Waals surface area (Å²) in [4.78, 5) is 25.7. The summed E-state index contributed by atoms with van der Waals surface area (Å²) in [5, 5.41) is 2.85. The third kappa shape index (κ3) is 5.92. The monoisotopic (exact) mass is 354 g/mol. The molecule has 138 valence electrons. The lowest BCUT2D eigenvalue weighted by atomic mass is 10.2. The van der Waals surface area contributed by atoms with Crippen molar-refractivity contribution in [2.45, 2.75) is 40.2 Å². The molecule has 2 amide bonds. The number of nitrogens with zero attached hydrogens (tertiary/aromatic N) is 1. The van der Waals surface area contributed by atoms with Gasteiger partial charge in [0, 0.05) is 31.3 Å². The Morgan fingerprint density at radius 2 is 1.65 bits per heavy atom. The van der Waals surface area contributed by atoms with E-state index in [0.29, 0.717) is 6.54 Å². The minimum Gasteiger partial charge on any atom is -0.491 e. The van der Waals surface area contributed by atoms with Crippen molar-refractivity contribution in [3.8, 4) is 5.75 Å². The zero-order valence-electron chi connectivity index (χ0n) is 15.8. The molecule has 1 N–H and O–H groups in total. The van der Waals surface area contributed by atoms with Gasteiger partial charge in [0.15, 0.2) is 0 Å². The van der Waals surface area contributed by atoms with Crippen LogP contribution in [0.2, 0.25) is 0 Å². The fourth-order valence-corrected chi connectivity index (χ4v) is 2.52. The largest absolute Gasteiger partial charge is 0.491 e. The lowest BCUT2D eigenvalue weighted by Crippen LogP contribution is -2.31. The highest BCUT2D eigenvalue weighted by Gasteiger charge is 2.14. The quantitative estimate of drug-likeness (QED) is 0.812. The number of nitrogens with one attached hydrogen (secondary N) is 1. The summed E-state index contributed by atoms with van der Waals surface area (Å²) in [6.45, 7) is 7.73. The standard InChI is InChI=1S/C21H26N2O3/c1-15(2)26-20-11-9-19(10-12-20)23(17(4)24)14-13-21(25)22-18-7-5-16(3)6-8-18/h5-12,15H,13-14H2,1-4H3,(H,22,25). The molecular weight excluding hydrogens is 328 g/mol. The summed E-state index contributed by atoms with van der Waals surface area (Å²) in [5.74, 6) is 0.523. The van der Waals surface area contributed by atoms with Crippen LogP contribution >= 0.6 is 0 Å². The van der Waals surface area contributed by atoms with Crippen LogP contribution in [0.15, 0.2) is 48.5 Å². The van der Waals surface area contributed by atoms with E-state index in [1.807, 2.05) is 69.3 Å². The van der Waals surface area contributed by atoms with Gasteiger partial charge in [0.25, 0.3) is 0 Å². The first-order valence-electron chi connectivity index (χ1n) is 8.76. The summed E-state index contributed by atoms with van der Waals surface area (Å²) in [7, 11) is 0. The van der Waals surface area contributed by atoms with Crippen LogP contribution in [-0.2, 0) is 9.59 Å². The van der Waals surface area contributed by atoms with Crippen LogP contribution in [0.4, 0.5) is 11.4 Å². The number of aryl methyl sites for hydroxylation is 1. The fraction of sp³-hybridized carbons (Fsp3) is 0.333. The minimum atomic E-state index is -0.125. The summed E-state index contributed by atoms with van der Waals surface area (Å²) >= 11 is 0. The molecule has 0 atom stereocenters. The van der Waals surface area contributed by atoms with Gasteiger partial charge in [-0.05, 0) is 57.2 Å². The first kappa shape index (κ1) is 19.5. The topological polar surface area (TPSA) is 58.6 Å². The third-order valence-corrected chi connectivity index (χ3v) is 3.80. The Labute approximate surface area is 155 Å². The van der Waals surface area contributed by atoms with Gasteiger partial charge < -0.3 is 15.0 Å². The van der Waals surface area contributed by atoms with E-state index in [0.717, 1.165) is 22.7 Å². The van der Waals surface area contributed by atoms with Crippen molar-refractivity contribution >= 4 is 23.2 Å². The van der Waals surface area contributed by atoms with E-state index >= 15 is 0 Å². The minimum absolute atomic E-state index is 0.0928. The third-order valence-electron chi connectivity index (χ3n) is 3.80. The predicted molar refractivity (Wildman–Crippen MR) is 105 cm³/mol. The van der Waals surface area contributed by atoms with Gasteiger partial charge >= 0.3 is 0 Å². The lowest BCUT2D eigenvalue weighted by molar-refractivity contribution is -0.117. The molecule has 0 unspecified atom stereocenters. The molecule has 5 nitrogen and oxygen atoms in total. The van der Waals surface area contributed by atoms with E-state index in [2.05, 4.69) is 5.32 Å². The van der Waals surface area contributed by atoms with E-state index in [9.17, 15) is 9.59 Å². The van der Waals surface area contributed by atoms with E-state index in [4.69, 9.17) is 4.74 Å². The number of ether oxygens (including phenoxy) is 1. The maximum absolute atomic E-state index is 12.2. The Hall–Kier alpha value is -2.82. The van der Waals surface area contributed by atoms with Gasteiger partial charge in [0.05, 0.1) is 6.10 Å². The Kier molecular flexibility index (Phi) is 6.78. The smallest absolute Gasteiger partial charge is 0.226 e. The highest BCUT2D eigenvalue weighted by atomic mass is 16.5. The van der Waals surface area contributed by atoms with Gasteiger partial charge in [-0.15, -0.1) is 0 Å². The van der Waals surface area contributed by atoms with Crippen LogP contribution in [0.5, 0.6) is 5.75 Å². The number of carbonyl (C=O) groups excluding carboxylic acids is 2. The maximum atomic E-state index is 12.2. The second kappa shape index (κ2) is 9.04. The predicted octanol–water partition coefficient (Wildman–Crippen LogP) is 4.16. The molecule has 0 heterocycles. The fourth-order valence-electron chi connectivity index (χ4n) is 2.52. The number of anilines is 2. The van der Waals surface area contributed by atoms with Gasteiger partial charge in [-0.25, -0.2) is 0 Å². The average molecular weight is 354 g/mol. The molecule has 2 aromatic carbocycles. The molecule has 2 aromatic rings. The van der Waals surface area contributed by atoms with E-state index in [1.165, 1.54) is 6.92 Å². The zero-order chi connectivity index (χ0) is 19.1. The number of benzene rings is 2. The van der Waals surface area contributed by atoms with Gasteiger partial charge in [0.1, 0.15) is 5.75 Å². The summed E-state index contributed by atoms with van der Waals surface area (Å²) in [5.41, 5.74) is 2.64. The normalized spacial score (nSPS) is 10.5. The maximum Gasteiger partial charge on any atom is 0.226 e. The molecule has 0 aliphatic rings. The van der Waals surface area contributed by atoms with Crippen LogP contribution in [0.25, 0.3) is 0 Å². The van der Waals surface area contributed by atoms with Crippen molar-refractivity contribution in [3.05, 3.63) is 54.1 Å². The van der Waals surface area contributed by atoms with E-state index in [-0.39, 0.29) is 24.3 Å². The number of hydrogen-bond donors (Lipinski definition) is 1. The highest BCUT2D eigenvalue weighted by molar-refractivity contribution is 5.94. The van der Waals surface area contributed by atoms with Crippen LogP contribution in [0, 0.1) is 6.92 Å². The summed E-state index contributed by atoms with van der Waals surface area (Å²) in [6, 6.07) is 14.9. The molecule has 0 aliphatic heterocycles. The number of rotatable bonds is 7. The SMILES string of the molecule is CC(=O)N(CCC(=O)Nc1ccc(C)cc1)c1ccc(OC(C)C)cc1. The first-order chi connectivity index (χ1) is 12.3. The molecule has 2 rings (SSSR count). The van der Waals surface area contributed by atoms with Crippen molar-refractivity contribution in [2.24, 2.45) is 0 Å². The average Bonchev–Trinajstić information content (AvgIpc) is 2.58. The highest BCUT2D eigenvalue weighted by Crippen LogP contribution is 2.21. The van der Waals surface area contributed by atoms with E-state index in [1.54, 1.807) is 4.90 Å². The molecule has 0 aliphatic carbocycles. The lowest BCUT2D eigenvalue weighted by Gasteiger charge is -2.21. The molecular formula is C21H26N2O3. The molecule has 0 aromatic heterocycles. The molecule has 0 saturated carbocycles. The number of amides is 2. The van der Waals surface area contributed by atoms with Crippen molar-refractivity contribution in [1.82, 2.24) is 0 Å². The number of hydrogen-bond acceptors (Lipinski definition) is 3.